The minimum atomic E-state index is -0.616. The Labute approximate surface area is 156 Å². The summed E-state index contributed by atoms with van der Waals surface area (Å²) >= 11 is 0. The van der Waals surface area contributed by atoms with Gasteiger partial charge in [0.1, 0.15) is 12.6 Å². The van der Waals surface area contributed by atoms with Crippen molar-refractivity contribution in [2.75, 3.05) is 34.3 Å². The van der Waals surface area contributed by atoms with Gasteiger partial charge in [-0.05, 0) is 6.42 Å². The molecule has 4 heteroatoms. The topological polar surface area (TPSA) is 46.5 Å². The van der Waals surface area contributed by atoms with Crippen molar-refractivity contribution in [3.8, 4) is 0 Å². The van der Waals surface area contributed by atoms with Crippen molar-refractivity contribution in [1.82, 2.24) is 0 Å². The quantitative estimate of drug-likeness (QED) is 0.233. The highest BCUT2D eigenvalue weighted by atomic mass is 16.5. The fraction of sp³-hybridized carbons (Fsp3) is 0.952. The van der Waals surface area contributed by atoms with E-state index in [1.54, 1.807) is 0 Å². The van der Waals surface area contributed by atoms with E-state index in [2.05, 4.69) is 6.92 Å². The van der Waals surface area contributed by atoms with Crippen LogP contribution in [0.5, 0.6) is 0 Å². The Kier molecular flexibility index (Phi) is 15.2. The summed E-state index contributed by atoms with van der Waals surface area (Å²) in [5.74, 6) is -0.274. The van der Waals surface area contributed by atoms with Gasteiger partial charge >= 0.3 is 5.97 Å². The van der Waals surface area contributed by atoms with Crippen molar-refractivity contribution < 1.29 is 19.1 Å². The summed E-state index contributed by atoms with van der Waals surface area (Å²) in [6.07, 6.45) is 15.1. The lowest BCUT2D eigenvalue weighted by molar-refractivity contribution is -0.873. The third-order valence-corrected chi connectivity index (χ3v) is 4.42. The molecule has 0 fully saturated rings. The zero-order valence-corrected chi connectivity index (χ0v) is 17.4. The van der Waals surface area contributed by atoms with Gasteiger partial charge in [0.05, 0.1) is 34.2 Å². The highest BCUT2D eigenvalue weighted by Gasteiger charge is 2.19. The van der Waals surface area contributed by atoms with Gasteiger partial charge in [-0.2, -0.15) is 0 Å². The van der Waals surface area contributed by atoms with Crippen molar-refractivity contribution in [2.45, 2.75) is 96.5 Å². The number of ether oxygens (including phenoxy) is 1. The molecule has 0 aromatic carbocycles. The Morgan fingerprint density at radius 1 is 0.840 bits per heavy atom. The Morgan fingerprint density at radius 2 is 1.28 bits per heavy atom. The molecular weight excluding hydrogens is 314 g/mol. The first-order valence-electron chi connectivity index (χ1n) is 10.5. The molecule has 4 nitrogen and oxygen atoms in total. The standard InChI is InChI=1S/C21H44NO3/c1-5-6-7-8-9-10-11-12-13-14-15-16-17-25-21(24)18-20(23)19-22(2,3)4/h20,23H,5-19H2,1-4H3/q+1. The predicted octanol–water partition coefficient (Wildman–Crippen LogP) is 4.69. The molecule has 1 N–H and O–H groups in total. The van der Waals surface area contributed by atoms with Gasteiger partial charge < -0.3 is 14.3 Å². The number of carbonyl (C=O) groups excluding carboxylic acids is 1. The largest absolute Gasteiger partial charge is 0.466 e. The summed E-state index contributed by atoms with van der Waals surface area (Å²) in [6, 6.07) is 0. The monoisotopic (exact) mass is 358 g/mol. The van der Waals surface area contributed by atoms with E-state index in [4.69, 9.17) is 4.74 Å². The average Bonchev–Trinajstić information content (AvgIpc) is 2.49. The summed E-state index contributed by atoms with van der Waals surface area (Å²) in [5.41, 5.74) is 0. The number of esters is 1. The molecule has 1 atom stereocenters. The number of carbonyl (C=O) groups is 1. The molecule has 0 heterocycles. The second-order valence-corrected chi connectivity index (χ2v) is 8.44. The van der Waals surface area contributed by atoms with E-state index in [1.807, 2.05) is 21.1 Å². The SMILES string of the molecule is CCCCCCCCCCCCCCOC(=O)CC(O)C[N+](C)(C)C. The van der Waals surface area contributed by atoms with Crippen LogP contribution >= 0.6 is 0 Å². The summed E-state index contributed by atoms with van der Waals surface area (Å²) in [6.45, 7) is 3.32. The molecule has 1 unspecified atom stereocenters. The first kappa shape index (κ1) is 24.4. The van der Waals surface area contributed by atoms with E-state index in [1.165, 1.54) is 64.2 Å². The highest BCUT2D eigenvalue weighted by Crippen LogP contribution is 2.12. The molecule has 0 rings (SSSR count). The number of aliphatic hydroxyl groups excluding tert-OH is 1. The van der Waals surface area contributed by atoms with Crippen LogP contribution in [0.15, 0.2) is 0 Å². The molecule has 0 aliphatic rings. The van der Waals surface area contributed by atoms with Crippen LogP contribution in [-0.4, -0.2) is 56.0 Å². The molecule has 0 aliphatic carbocycles. The number of likely N-dealkylation sites (N-methyl/N-ethyl adjacent to an activating group) is 1. The van der Waals surface area contributed by atoms with E-state index < -0.39 is 6.10 Å². The van der Waals surface area contributed by atoms with Gasteiger partial charge in [-0.15, -0.1) is 0 Å². The fourth-order valence-corrected chi connectivity index (χ4v) is 3.08. The zero-order valence-electron chi connectivity index (χ0n) is 17.4. The number of rotatable bonds is 17. The van der Waals surface area contributed by atoms with Gasteiger partial charge in [-0.25, -0.2) is 0 Å². The van der Waals surface area contributed by atoms with Crippen molar-refractivity contribution in [2.24, 2.45) is 0 Å². The van der Waals surface area contributed by atoms with Crippen molar-refractivity contribution in [3.05, 3.63) is 0 Å². The minimum Gasteiger partial charge on any atom is -0.466 e. The van der Waals surface area contributed by atoms with Crippen molar-refractivity contribution in [1.29, 1.82) is 0 Å². The second-order valence-electron chi connectivity index (χ2n) is 8.44. The Morgan fingerprint density at radius 3 is 1.72 bits per heavy atom. The van der Waals surface area contributed by atoms with E-state index in [0.29, 0.717) is 17.6 Å². The van der Waals surface area contributed by atoms with Gasteiger partial charge in [0.25, 0.3) is 0 Å². The Hall–Kier alpha value is -0.610. The first-order valence-corrected chi connectivity index (χ1v) is 10.5. The predicted molar refractivity (Wildman–Crippen MR) is 106 cm³/mol. The summed E-state index contributed by atoms with van der Waals surface area (Å²) < 4.78 is 5.86. The lowest BCUT2D eigenvalue weighted by Gasteiger charge is -2.26. The molecule has 0 aromatic rings. The molecule has 0 bridgehead atoms. The molecule has 0 aromatic heterocycles. The summed E-state index contributed by atoms with van der Waals surface area (Å²) in [4.78, 5) is 11.7. The molecule has 0 aliphatic heterocycles. The maximum absolute atomic E-state index is 11.7. The van der Waals surface area contributed by atoms with Crippen LogP contribution in [0.1, 0.15) is 90.4 Å². The van der Waals surface area contributed by atoms with Crippen LogP contribution in [0.2, 0.25) is 0 Å². The Balaban J connectivity index is 3.31. The summed E-state index contributed by atoms with van der Waals surface area (Å²) in [5, 5.41) is 9.84. The van der Waals surface area contributed by atoms with Crippen LogP contribution in [0, 0.1) is 0 Å². The van der Waals surface area contributed by atoms with Gasteiger partial charge in [0.2, 0.25) is 0 Å². The maximum atomic E-state index is 11.7. The average molecular weight is 359 g/mol. The molecular formula is C21H44NO3+. The van der Waals surface area contributed by atoms with E-state index in [9.17, 15) is 9.90 Å². The lowest BCUT2D eigenvalue weighted by atomic mass is 10.1. The van der Waals surface area contributed by atoms with Crippen LogP contribution in [0.4, 0.5) is 0 Å². The number of hydrogen-bond acceptors (Lipinski definition) is 3. The third kappa shape index (κ3) is 19.6. The molecule has 0 saturated carbocycles. The summed E-state index contributed by atoms with van der Waals surface area (Å²) in [7, 11) is 6.00. The molecule has 0 radical (unpaired) electrons. The van der Waals surface area contributed by atoms with E-state index in [-0.39, 0.29) is 12.4 Å². The van der Waals surface area contributed by atoms with Gasteiger partial charge in [-0.1, -0.05) is 77.6 Å². The molecule has 0 spiro atoms. The minimum absolute atomic E-state index is 0.105. The molecule has 25 heavy (non-hydrogen) atoms. The zero-order chi connectivity index (χ0) is 19.0. The Bertz CT molecular complexity index is 313. The first-order chi connectivity index (χ1) is 11.8. The van der Waals surface area contributed by atoms with Gasteiger partial charge in [0.15, 0.2) is 0 Å². The number of unbranched alkanes of at least 4 members (excludes halogenated alkanes) is 11. The lowest BCUT2D eigenvalue weighted by Crippen LogP contribution is -2.42. The number of hydrogen-bond donors (Lipinski definition) is 1. The van der Waals surface area contributed by atoms with E-state index >= 15 is 0 Å². The smallest absolute Gasteiger partial charge is 0.308 e. The van der Waals surface area contributed by atoms with Crippen LogP contribution < -0.4 is 0 Å². The normalized spacial score (nSPS) is 13.0. The number of nitrogens with zero attached hydrogens (tertiary/aromatic N) is 1. The number of aliphatic hydroxyl groups is 1. The van der Waals surface area contributed by atoms with Crippen LogP contribution in [-0.2, 0) is 9.53 Å². The second kappa shape index (κ2) is 15.6. The molecule has 0 saturated heterocycles. The van der Waals surface area contributed by atoms with Crippen molar-refractivity contribution in [3.63, 3.8) is 0 Å². The third-order valence-electron chi connectivity index (χ3n) is 4.42. The molecule has 150 valence electrons. The van der Waals surface area contributed by atoms with Crippen LogP contribution in [0.3, 0.4) is 0 Å². The highest BCUT2D eigenvalue weighted by molar-refractivity contribution is 5.69. The fourth-order valence-electron chi connectivity index (χ4n) is 3.08. The maximum Gasteiger partial charge on any atom is 0.308 e. The van der Waals surface area contributed by atoms with E-state index in [0.717, 1.165) is 12.8 Å². The van der Waals surface area contributed by atoms with Gasteiger partial charge in [0, 0.05) is 0 Å². The van der Waals surface area contributed by atoms with Gasteiger partial charge in [-0.3, -0.25) is 4.79 Å². The van der Waals surface area contributed by atoms with Crippen molar-refractivity contribution >= 4 is 5.97 Å². The number of quaternary nitrogens is 1. The van der Waals surface area contributed by atoms with Crippen LogP contribution in [0.25, 0.3) is 0 Å². The molecule has 0 amide bonds.